The molecule has 2 unspecified atom stereocenters. The summed E-state index contributed by atoms with van der Waals surface area (Å²) in [6.07, 6.45) is 4.19. The number of pyridine rings is 1. The van der Waals surface area contributed by atoms with E-state index in [-0.39, 0.29) is 0 Å². The molecule has 3 aromatic rings. The first-order valence-corrected chi connectivity index (χ1v) is 8.23. The molecule has 0 amide bonds. The van der Waals surface area contributed by atoms with Crippen LogP contribution in [0.2, 0.25) is 0 Å². The Morgan fingerprint density at radius 3 is 1.65 bits per heavy atom. The van der Waals surface area contributed by atoms with Gasteiger partial charge in [0.25, 0.3) is 0 Å². The summed E-state index contributed by atoms with van der Waals surface area (Å²) in [7, 11) is 0. The van der Waals surface area contributed by atoms with Gasteiger partial charge in [-0.2, -0.15) is 0 Å². The van der Waals surface area contributed by atoms with Gasteiger partial charge in [0, 0.05) is 6.20 Å². The zero-order valence-electron chi connectivity index (χ0n) is 13.0. The van der Waals surface area contributed by atoms with Gasteiger partial charge in [0.1, 0.15) is 5.82 Å². The lowest BCUT2D eigenvalue weighted by Gasteiger charge is -2.32. The maximum absolute atomic E-state index is 4.64. The second-order valence-corrected chi connectivity index (χ2v) is 6.03. The van der Waals surface area contributed by atoms with Crippen molar-refractivity contribution in [2.24, 2.45) is 0 Å². The average Bonchev–Trinajstić information content (AvgIpc) is 3.09. The second kappa shape index (κ2) is 6.25. The van der Waals surface area contributed by atoms with Crippen LogP contribution in [0.3, 0.4) is 0 Å². The number of benzene rings is 2. The Kier molecular flexibility index (Phi) is 3.81. The highest BCUT2D eigenvalue weighted by Gasteiger charge is 2.35. The fourth-order valence-corrected chi connectivity index (χ4v) is 3.64. The van der Waals surface area contributed by atoms with E-state index in [9.17, 15) is 0 Å². The van der Waals surface area contributed by atoms with E-state index in [1.807, 2.05) is 12.3 Å². The van der Waals surface area contributed by atoms with Crippen LogP contribution in [0.5, 0.6) is 0 Å². The third-order valence-electron chi connectivity index (χ3n) is 4.67. The summed E-state index contributed by atoms with van der Waals surface area (Å²) in [6.45, 7) is 0. The van der Waals surface area contributed by atoms with Crippen molar-refractivity contribution in [3.63, 3.8) is 0 Å². The minimum atomic E-state index is 0.385. The Balaban J connectivity index is 1.77. The van der Waals surface area contributed by atoms with E-state index in [4.69, 9.17) is 0 Å². The van der Waals surface area contributed by atoms with Gasteiger partial charge in [0.2, 0.25) is 0 Å². The maximum Gasteiger partial charge on any atom is 0.129 e. The summed E-state index contributed by atoms with van der Waals surface area (Å²) in [5.74, 6) is 1.06. The molecular formula is C21H20N2. The summed E-state index contributed by atoms with van der Waals surface area (Å²) in [5.41, 5.74) is 2.74. The van der Waals surface area contributed by atoms with E-state index >= 15 is 0 Å². The van der Waals surface area contributed by atoms with Crippen LogP contribution < -0.4 is 4.90 Å². The van der Waals surface area contributed by atoms with Crippen LogP contribution >= 0.6 is 0 Å². The third-order valence-corrected chi connectivity index (χ3v) is 4.67. The van der Waals surface area contributed by atoms with Gasteiger partial charge in [-0.1, -0.05) is 66.7 Å². The van der Waals surface area contributed by atoms with E-state index < -0.39 is 0 Å². The highest BCUT2D eigenvalue weighted by molar-refractivity contribution is 5.48. The molecule has 23 heavy (non-hydrogen) atoms. The van der Waals surface area contributed by atoms with Gasteiger partial charge < -0.3 is 4.90 Å². The molecule has 0 radical (unpaired) electrons. The fraction of sp³-hybridized carbons (Fsp3) is 0.190. The van der Waals surface area contributed by atoms with Crippen molar-refractivity contribution in [1.29, 1.82) is 0 Å². The van der Waals surface area contributed by atoms with Gasteiger partial charge in [0.05, 0.1) is 12.1 Å². The molecule has 2 nitrogen and oxygen atoms in total. The molecule has 0 aliphatic carbocycles. The van der Waals surface area contributed by atoms with Crippen LogP contribution in [0.4, 0.5) is 5.82 Å². The van der Waals surface area contributed by atoms with Gasteiger partial charge in [-0.3, -0.25) is 0 Å². The summed E-state index contributed by atoms with van der Waals surface area (Å²) in [5, 5.41) is 0. The van der Waals surface area contributed by atoms with Crippen molar-refractivity contribution in [3.05, 3.63) is 96.2 Å². The molecule has 0 N–H and O–H groups in total. The van der Waals surface area contributed by atoms with Gasteiger partial charge in [-0.25, -0.2) is 4.98 Å². The zero-order chi connectivity index (χ0) is 15.5. The number of anilines is 1. The minimum Gasteiger partial charge on any atom is -0.343 e. The third kappa shape index (κ3) is 2.72. The van der Waals surface area contributed by atoms with Crippen molar-refractivity contribution >= 4 is 5.82 Å². The molecular weight excluding hydrogens is 280 g/mol. The molecule has 1 aromatic heterocycles. The van der Waals surface area contributed by atoms with Crippen molar-refractivity contribution in [2.75, 3.05) is 4.90 Å². The Morgan fingerprint density at radius 2 is 1.17 bits per heavy atom. The number of nitrogens with zero attached hydrogens (tertiary/aromatic N) is 2. The van der Waals surface area contributed by atoms with Crippen molar-refractivity contribution in [2.45, 2.75) is 24.9 Å². The van der Waals surface area contributed by atoms with Crippen LogP contribution in [0.1, 0.15) is 36.1 Å². The molecule has 0 saturated carbocycles. The Morgan fingerprint density at radius 1 is 0.652 bits per heavy atom. The van der Waals surface area contributed by atoms with Crippen LogP contribution in [-0.2, 0) is 0 Å². The molecule has 114 valence electrons. The highest BCUT2D eigenvalue weighted by Crippen LogP contribution is 2.45. The Labute approximate surface area is 137 Å². The van der Waals surface area contributed by atoms with Crippen LogP contribution in [0, 0.1) is 0 Å². The molecule has 4 rings (SSSR count). The van der Waals surface area contributed by atoms with Crippen molar-refractivity contribution in [1.82, 2.24) is 4.98 Å². The smallest absolute Gasteiger partial charge is 0.129 e. The van der Waals surface area contributed by atoms with E-state index in [0.29, 0.717) is 12.1 Å². The topological polar surface area (TPSA) is 16.1 Å². The lowest BCUT2D eigenvalue weighted by Crippen LogP contribution is -2.26. The van der Waals surface area contributed by atoms with E-state index in [2.05, 4.69) is 82.7 Å². The molecule has 2 aromatic carbocycles. The zero-order valence-corrected chi connectivity index (χ0v) is 13.0. The van der Waals surface area contributed by atoms with Gasteiger partial charge in [0.15, 0.2) is 0 Å². The molecule has 2 heterocycles. The number of hydrogen-bond donors (Lipinski definition) is 0. The van der Waals surface area contributed by atoms with E-state index in [1.54, 1.807) is 0 Å². The lowest BCUT2D eigenvalue weighted by molar-refractivity contribution is 0.664. The minimum absolute atomic E-state index is 0.385. The molecule has 2 heteroatoms. The Bertz CT molecular complexity index is 693. The normalized spacial score (nSPS) is 20.6. The molecule has 2 atom stereocenters. The number of hydrogen-bond acceptors (Lipinski definition) is 2. The predicted octanol–water partition coefficient (Wildman–Crippen LogP) is 5.16. The van der Waals surface area contributed by atoms with E-state index in [0.717, 1.165) is 18.7 Å². The maximum atomic E-state index is 4.64. The summed E-state index contributed by atoms with van der Waals surface area (Å²) < 4.78 is 0. The number of aromatic nitrogens is 1. The molecule has 1 saturated heterocycles. The quantitative estimate of drug-likeness (QED) is 0.664. The molecule has 1 aliphatic rings. The monoisotopic (exact) mass is 300 g/mol. The van der Waals surface area contributed by atoms with Crippen molar-refractivity contribution in [3.8, 4) is 0 Å². The average molecular weight is 300 g/mol. The first-order chi connectivity index (χ1) is 11.4. The molecule has 0 bridgehead atoms. The summed E-state index contributed by atoms with van der Waals surface area (Å²) in [4.78, 5) is 7.13. The standard InChI is InChI=1S/C21H20N2/c1-3-9-17(10-4-1)19-14-15-20(18-11-5-2-6-12-18)23(19)21-13-7-8-16-22-21/h1-13,16,19-20H,14-15H2. The molecule has 1 aliphatic heterocycles. The predicted molar refractivity (Wildman–Crippen MR) is 94.3 cm³/mol. The second-order valence-electron chi connectivity index (χ2n) is 6.03. The van der Waals surface area contributed by atoms with Gasteiger partial charge in [-0.05, 0) is 36.1 Å². The van der Waals surface area contributed by atoms with Crippen molar-refractivity contribution < 1.29 is 0 Å². The van der Waals surface area contributed by atoms with Gasteiger partial charge >= 0.3 is 0 Å². The van der Waals surface area contributed by atoms with E-state index in [1.165, 1.54) is 11.1 Å². The van der Waals surface area contributed by atoms with Crippen LogP contribution in [0.25, 0.3) is 0 Å². The largest absolute Gasteiger partial charge is 0.343 e. The first kappa shape index (κ1) is 14.0. The molecule has 1 fully saturated rings. The number of rotatable bonds is 3. The van der Waals surface area contributed by atoms with Gasteiger partial charge in [-0.15, -0.1) is 0 Å². The first-order valence-electron chi connectivity index (χ1n) is 8.23. The Hall–Kier alpha value is -2.61. The van der Waals surface area contributed by atoms with Crippen LogP contribution in [-0.4, -0.2) is 4.98 Å². The van der Waals surface area contributed by atoms with Crippen LogP contribution in [0.15, 0.2) is 85.1 Å². The SMILES string of the molecule is c1ccc(C2CCC(c3ccccc3)N2c2ccccn2)cc1. The lowest BCUT2D eigenvalue weighted by atomic mass is 10.0. The highest BCUT2D eigenvalue weighted by atomic mass is 15.3. The summed E-state index contributed by atoms with van der Waals surface area (Å²) >= 11 is 0. The molecule has 0 spiro atoms. The fourth-order valence-electron chi connectivity index (χ4n) is 3.64. The summed E-state index contributed by atoms with van der Waals surface area (Å²) in [6, 6.07) is 28.5.